The first kappa shape index (κ1) is 24.0. The fourth-order valence-corrected chi connectivity index (χ4v) is 6.80. The SMILES string of the molecule is CCOc1cc(C(=O)N2CCC3(CC2)CC(=O)c2nc(C(C)(C)C)sc2C3)cc2c(C)nn(C)c12. The Morgan fingerprint density at radius 1 is 1.20 bits per heavy atom. The molecule has 2 aliphatic rings. The maximum absolute atomic E-state index is 13.5. The van der Waals surface area contributed by atoms with Crippen LogP contribution in [0.1, 0.15) is 83.4 Å². The first-order chi connectivity index (χ1) is 16.5. The summed E-state index contributed by atoms with van der Waals surface area (Å²) in [6, 6.07) is 3.79. The first-order valence-electron chi connectivity index (χ1n) is 12.4. The van der Waals surface area contributed by atoms with Crippen molar-refractivity contribution in [3.05, 3.63) is 39.0 Å². The second kappa shape index (κ2) is 8.43. The quantitative estimate of drug-likeness (QED) is 0.507. The van der Waals surface area contributed by atoms with E-state index in [2.05, 4.69) is 25.9 Å². The molecule has 0 bridgehead atoms. The maximum Gasteiger partial charge on any atom is 0.254 e. The average Bonchev–Trinajstić information content (AvgIpc) is 3.35. The van der Waals surface area contributed by atoms with Crippen LogP contribution in [0.4, 0.5) is 0 Å². The molecule has 1 aliphatic heterocycles. The van der Waals surface area contributed by atoms with Crippen molar-refractivity contribution in [3.63, 3.8) is 0 Å². The summed E-state index contributed by atoms with van der Waals surface area (Å²) < 4.78 is 7.69. The number of hydrogen-bond acceptors (Lipinski definition) is 6. The van der Waals surface area contributed by atoms with Gasteiger partial charge in [0.2, 0.25) is 0 Å². The molecule has 1 spiro atoms. The minimum Gasteiger partial charge on any atom is -0.492 e. The van der Waals surface area contributed by atoms with E-state index in [1.807, 2.05) is 42.6 Å². The van der Waals surface area contributed by atoms with Gasteiger partial charge < -0.3 is 9.64 Å². The van der Waals surface area contributed by atoms with Gasteiger partial charge in [-0.15, -0.1) is 11.3 Å². The molecule has 7 nitrogen and oxygen atoms in total. The second-order valence-electron chi connectivity index (χ2n) is 11.1. The third-order valence-corrected chi connectivity index (χ3v) is 8.90. The number of fused-ring (bicyclic) bond motifs is 2. The molecule has 1 amide bonds. The predicted molar refractivity (Wildman–Crippen MR) is 138 cm³/mol. The predicted octanol–water partition coefficient (Wildman–Crippen LogP) is 5.09. The zero-order chi connectivity index (χ0) is 25.1. The lowest BCUT2D eigenvalue weighted by Crippen LogP contribution is -2.46. The van der Waals surface area contributed by atoms with Crippen LogP contribution < -0.4 is 4.74 Å². The molecule has 5 rings (SSSR count). The lowest BCUT2D eigenvalue weighted by molar-refractivity contribution is 0.0522. The van der Waals surface area contributed by atoms with Crippen LogP contribution in [0.25, 0.3) is 10.9 Å². The lowest BCUT2D eigenvalue weighted by Gasteiger charge is -2.43. The number of nitrogens with zero attached hydrogens (tertiary/aromatic N) is 4. The van der Waals surface area contributed by atoms with Gasteiger partial charge in [-0.25, -0.2) is 4.98 Å². The molecule has 1 saturated heterocycles. The summed E-state index contributed by atoms with van der Waals surface area (Å²) in [6.07, 6.45) is 3.09. The van der Waals surface area contributed by atoms with E-state index in [0.29, 0.717) is 43.1 Å². The van der Waals surface area contributed by atoms with Crippen LogP contribution in [0.5, 0.6) is 5.75 Å². The first-order valence-corrected chi connectivity index (χ1v) is 13.3. The standard InChI is InChI=1S/C27H34N4O3S/c1-7-34-20-13-17(12-18-16(2)29-30(6)23(18)20)24(33)31-10-8-27(9-11-31)14-19(32)22-21(15-27)35-25(28-22)26(3,4)5/h12-13H,7-11,14-15H2,1-6H3. The van der Waals surface area contributed by atoms with Gasteiger partial charge in [0.1, 0.15) is 17.0 Å². The summed E-state index contributed by atoms with van der Waals surface area (Å²) in [5.41, 5.74) is 2.99. The largest absolute Gasteiger partial charge is 0.492 e. The average molecular weight is 495 g/mol. The van der Waals surface area contributed by atoms with E-state index in [0.717, 1.165) is 45.7 Å². The lowest BCUT2D eigenvalue weighted by atomic mass is 9.68. The van der Waals surface area contributed by atoms with Crippen LogP contribution in [0.2, 0.25) is 0 Å². The van der Waals surface area contributed by atoms with Crippen LogP contribution >= 0.6 is 11.3 Å². The molecular weight excluding hydrogens is 460 g/mol. The van der Waals surface area contributed by atoms with Gasteiger partial charge >= 0.3 is 0 Å². The molecule has 0 unspecified atom stereocenters. The summed E-state index contributed by atoms with van der Waals surface area (Å²) in [4.78, 5) is 34.3. The zero-order valence-electron chi connectivity index (χ0n) is 21.5. The molecule has 0 N–H and O–H groups in total. The maximum atomic E-state index is 13.5. The van der Waals surface area contributed by atoms with Crippen molar-refractivity contribution in [2.24, 2.45) is 12.5 Å². The van der Waals surface area contributed by atoms with E-state index in [-0.39, 0.29) is 22.5 Å². The van der Waals surface area contributed by atoms with Crippen LogP contribution in [-0.2, 0) is 18.9 Å². The zero-order valence-corrected chi connectivity index (χ0v) is 22.3. The second-order valence-corrected chi connectivity index (χ2v) is 12.2. The Balaban J connectivity index is 1.36. The number of thiazole rings is 1. The summed E-state index contributed by atoms with van der Waals surface area (Å²) in [5, 5.41) is 6.50. The molecule has 1 aliphatic carbocycles. The molecule has 0 saturated carbocycles. The molecule has 3 aromatic rings. The molecule has 35 heavy (non-hydrogen) atoms. The Labute approximate surface area is 210 Å². The molecule has 186 valence electrons. The minimum atomic E-state index is -0.0665. The summed E-state index contributed by atoms with van der Waals surface area (Å²) in [5.74, 6) is 0.869. The molecule has 1 fully saturated rings. The van der Waals surface area contributed by atoms with Crippen molar-refractivity contribution >= 4 is 33.9 Å². The molecule has 3 heterocycles. The van der Waals surface area contributed by atoms with Crippen molar-refractivity contribution in [2.75, 3.05) is 19.7 Å². The number of carbonyl (C=O) groups is 2. The highest BCUT2D eigenvalue weighted by molar-refractivity contribution is 7.12. The Bertz CT molecular complexity index is 1320. The van der Waals surface area contributed by atoms with Gasteiger partial charge in [0.15, 0.2) is 5.78 Å². The molecule has 0 atom stereocenters. The number of piperidine rings is 1. The number of hydrogen-bond donors (Lipinski definition) is 0. The minimum absolute atomic E-state index is 0.0154. The number of Topliss-reactive ketones (excluding diaryl/α,β-unsaturated/α-hetero) is 1. The van der Waals surface area contributed by atoms with Crippen molar-refractivity contribution < 1.29 is 14.3 Å². The molecule has 8 heteroatoms. The van der Waals surface area contributed by atoms with E-state index in [1.54, 1.807) is 11.3 Å². The van der Waals surface area contributed by atoms with Gasteiger partial charge in [-0.3, -0.25) is 14.3 Å². The molecular formula is C27H34N4O3S. The van der Waals surface area contributed by atoms with Crippen molar-refractivity contribution in [1.29, 1.82) is 0 Å². The van der Waals surface area contributed by atoms with E-state index in [9.17, 15) is 9.59 Å². The fourth-order valence-electron chi connectivity index (χ4n) is 5.49. The highest BCUT2D eigenvalue weighted by Gasteiger charge is 2.44. The van der Waals surface area contributed by atoms with E-state index in [4.69, 9.17) is 9.72 Å². The number of ether oxygens (including phenoxy) is 1. The monoisotopic (exact) mass is 494 g/mol. The Kier molecular flexibility index (Phi) is 5.78. The Morgan fingerprint density at radius 3 is 2.57 bits per heavy atom. The van der Waals surface area contributed by atoms with Crippen LogP contribution in [0, 0.1) is 12.3 Å². The fraction of sp³-hybridized carbons (Fsp3) is 0.556. The number of carbonyl (C=O) groups excluding carboxylic acids is 2. The van der Waals surface area contributed by atoms with E-state index in [1.165, 1.54) is 0 Å². The molecule has 2 aromatic heterocycles. The van der Waals surface area contributed by atoms with E-state index < -0.39 is 0 Å². The molecule has 0 radical (unpaired) electrons. The van der Waals surface area contributed by atoms with Gasteiger partial charge in [-0.05, 0) is 50.7 Å². The highest BCUT2D eigenvalue weighted by Crippen LogP contribution is 2.46. The Hall–Kier alpha value is -2.74. The Morgan fingerprint density at radius 2 is 1.91 bits per heavy atom. The number of aryl methyl sites for hydroxylation is 2. The van der Waals surface area contributed by atoms with Gasteiger partial charge in [-0.2, -0.15) is 5.10 Å². The van der Waals surface area contributed by atoms with Gasteiger partial charge in [0.25, 0.3) is 5.91 Å². The summed E-state index contributed by atoms with van der Waals surface area (Å²) in [7, 11) is 1.90. The number of benzene rings is 1. The highest BCUT2D eigenvalue weighted by atomic mass is 32.1. The number of aromatic nitrogens is 3. The van der Waals surface area contributed by atoms with Crippen LogP contribution in [0.15, 0.2) is 12.1 Å². The van der Waals surface area contributed by atoms with Crippen molar-refractivity contribution in [2.45, 2.75) is 65.7 Å². The molecule has 1 aromatic carbocycles. The third kappa shape index (κ3) is 4.15. The number of ketones is 1. The van der Waals surface area contributed by atoms with Gasteiger partial charge in [0, 0.05) is 47.8 Å². The normalized spacial score (nSPS) is 17.8. The summed E-state index contributed by atoms with van der Waals surface area (Å²) in [6.45, 7) is 12.2. The smallest absolute Gasteiger partial charge is 0.254 e. The number of rotatable bonds is 3. The number of amides is 1. The van der Waals surface area contributed by atoms with E-state index >= 15 is 0 Å². The van der Waals surface area contributed by atoms with Crippen molar-refractivity contribution in [1.82, 2.24) is 19.7 Å². The van der Waals surface area contributed by atoms with Crippen LogP contribution in [0.3, 0.4) is 0 Å². The van der Waals surface area contributed by atoms with Gasteiger partial charge in [-0.1, -0.05) is 20.8 Å². The van der Waals surface area contributed by atoms with Crippen molar-refractivity contribution in [3.8, 4) is 5.75 Å². The third-order valence-electron chi connectivity index (χ3n) is 7.42. The van der Waals surface area contributed by atoms with Gasteiger partial charge in [0.05, 0.1) is 17.3 Å². The van der Waals surface area contributed by atoms with Crippen LogP contribution in [-0.4, -0.2) is 51.1 Å². The summed E-state index contributed by atoms with van der Waals surface area (Å²) >= 11 is 1.69. The number of likely N-dealkylation sites (tertiary alicyclic amines) is 1. The topological polar surface area (TPSA) is 77.3 Å².